The first-order valence-electron chi connectivity index (χ1n) is 11.4. The van der Waals surface area contributed by atoms with Gasteiger partial charge in [0.2, 0.25) is 0 Å². The van der Waals surface area contributed by atoms with Gasteiger partial charge in [0.05, 0.1) is 16.2 Å². The molecule has 5 rings (SSSR count). The van der Waals surface area contributed by atoms with Gasteiger partial charge in [0.25, 0.3) is 0 Å². The Balaban J connectivity index is 1.60. The van der Waals surface area contributed by atoms with Gasteiger partial charge in [0.15, 0.2) is 5.78 Å². The predicted molar refractivity (Wildman–Crippen MR) is 139 cm³/mol. The lowest BCUT2D eigenvalue weighted by Crippen LogP contribution is -2.27. The molecule has 0 fully saturated rings. The zero-order chi connectivity index (χ0) is 26.2. The predicted octanol–water partition coefficient (Wildman–Crippen LogP) is 5.32. The zero-order valence-electron chi connectivity index (χ0n) is 20.0. The molecular formula is C29H21O7P. The third-order valence-corrected chi connectivity index (χ3v) is 8.30. The van der Waals surface area contributed by atoms with Crippen molar-refractivity contribution in [3.05, 3.63) is 102 Å². The number of hydrogen-bond donors (Lipinski definition) is 0. The molecule has 0 aliphatic carbocycles. The SMILES string of the molecule is CC(=O)Oc1ccc(OC(=O)c2cccc(C(C)=O)c2)cc1P1(=O)Oc2ccccc2-c2ccccc21. The van der Waals surface area contributed by atoms with Crippen LogP contribution < -0.4 is 24.6 Å². The van der Waals surface area contributed by atoms with Crippen molar-refractivity contribution >= 4 is 35.7 Å². The van der Waals surface area contributed by atoms with Crippen LogP contribution in [0.4, 0.5) is 0 Å². The van der Waals surface area contributed by atoms with E-state index >= 15 is 0 Å². The van der Waals surface area contributed by atoms with Crippen LogP contribution in [0.25, 0.3) is 11.1 Å². The minimum atomic E-state index is -3.86. The molecule has 0 radical (unpaired) electrons. The quantitative estimate of drug-likeness (QED) is 0.155. The smallest absolute Gasteiger partial charge is 0.343 e. The largest absolute Gasteiger partial charge is 0.436 e. The Morgan fingerprint density at radius 1 is 0.703 bits per heavy atom. The van der Waals surface area contributed by atoms with E-state index in [0.717, 1.165) is 11.1 Å². The summed E-state index contributed by atoms with van der Waals surface area (Å²) in [6.45, 7) is 2.64. The van der Waals surface area contributed by atoms with Crippen LogP contribution in [-0.2, 0) is 9.36 Å². The molecule has 0 N–H and O–H groups in total. The van der Waals surface area contributed by atoms with Gasteiger partial charge in [0, 0.05) is 18.1 Å². The van der Waals surface area contributed by atoms with Crippen LogP contribution in [0, 0.1) is 0 Å². The molecule has 37 heavy (non-hydrogen) atoms. The molecule has 184 valence electrons. The molecule has 7 nitrogen and oxygen atoms in total. The van der Waals surface area contributed by atoms with Gasteiger partial charge in [-0.1, -0.05) is 48.5 Å². The lowest BCUT2D eigenvalue weighted by atomic mass is 10.0. The number of ketones is 1. The highest BCUT2D eigenvalue weighted by atomic mass is 31.2. The Hall–Kier alpha value is -4.48. The Morgan fingerprint density at radius 2 is 1.41 bits per heavy atom. The van der Waals surface area contributed by atoms with Crippen molar-refractivity contribution in [3.8, 4) is 28.4 Å². The van der Waals surface area contributed by atoms with Gasteiger partial charge in [-0.25, -0.2) is 4.79 Å². The van der Waals surface area contributed by atoms with E-state index in [4.69, 9.17) is 14.0 Å². The minimum Gasteiger partial charge on any atom is -0.436 e. The highest BCUT2D eigenvalue weighted by Crippen LogP contribution is 2.55. The maximum Gasteiger partial charge on any atom is 0.343 e. The maximum absolute atomic E-state index is 14.7. The van der Waals surface area contributed by atoms with E-state index in [9.17, 15) is 18.9 Å². The van der Waals surface area contributed by atoms with E-state index in [-0.39, 0.29) is 28.2 Å². The maximum atomic E-state index is 14.7. The lowest BCUT2D eigenvalue weighted by Gasteiger charge is -2.29. The number of para-hydroxylation sites is 1. The fourth-order valence-electron chi connectivity index (χ4n) is 4.16. The van der Waals surface area contributed by atoms with Crippen molar-refractivity contribution in [2.24, 2.45) is 0 Å². The Kier molecular flexibility index (Phi) is 6.24. The lowest BCUT2D eigenvalue weighted by molar-refractivity contribution is -0.131. The summed E-state index contributed by atoms with van der Waals surface area (Å²) in [6.07, 6.45) is 0. The molecule has 1 aliphatic rings. The minimum absolute atomic E-state index is 0.0309. The average Bonchev–Trinajstić information content (AvgIpc) is 2.89. The summed E-state index contributed by atoms with van der Waals surface area (Å²) in [5.41, 5.74) is 2.06. The summed E-state index contributed by atoms with van der Waals surface area (Å²) in [4.78, 5) is 36.4. The van der Waals surface area contributed by atoms with Crippen molar-refractivity contribution in [2.75, 3.05) is 0 Å². The standard InChI is InChI=1S/C29H21O7P/c1-18(30)20-8-7-9-21(16-20)29(32)35-22-14-15-26(34-19(2)31)28(17-22)37(33)27-13-6-4-11-24(27)23-10-3-5-12-25(23)36-37/h3-17H,1-2H3. The van der Waals surface area contributed by atoms with Crippen LogP contribution in [0.2, 0.25) is 0 Å². The van der Waals surface area contributed by atoms with Gasteiger partial charge in [-0.3, -0.25) is 14.2 Å². The van der Waals surface area contributed by atoms with E-state index < -0.39 is 19.3 Å². The zero-order valence-corrected chi connectivity index (χ0v) is 20.9. The van der Waals surface area contributed by atoms with Gasteiger partial charge in [-0.2, -0.15) is 0 Å². The summed E-state index contributed by atoms with van der Waals surface area (Å²) in [5.74, 6) is -0.981. The number of rotatable bonds is 5. The second-order valence-corrected chi connectivity index (χ2v) is 10.7. The number of Topliss-reactive ketones (excluding diaryl/α,β-unsaturated/α-hetero) is 1. The van der Waals surface area contributed by atoms with Crippen LogP contribution in [0.1, 0.15) is 34.6 Å². The molecule has 4 aromatic carbocycles. The molecule has 4 aromatic rings. The summed E-state index contributed by atoms with van der Waals surface area (Å²) < 4.78 is 31.7. The highest BCUT2D eigenvalue weighted by molar-refractivity contribution is 7.75. The summed E-state index contributed by atoms with van der Waals surface area (Å²) >= 11 is 0. The highest BCUT2D eigenvalue weighted by Gasteiger charge is 2.40. The van der Waals surface area contributed by atoms with E-state index in [2.05, 4.69) is 0 Å². The fraction of sp³-hybridized carbons (Fsp3) is 0.0690. The van der Waals surface area contributed by atoms with E-state index in [1.54, 1.807) is 36.4 Å². The van der Waals surface area contributed by atoms with Crippen LogP contribution in [0.3, 0.4) is 0 Å². The van der Waals surface area contributed by atoms with Gasteiger partial charge < -0.3 is 14.0 Å². The van der Waals surface area contributed by atoms with Gasteiger partial charge in [-0.15, -0.1) is 0 Å². The second kappa shape index (κ2) is 9.52. The number of hydrogen-bond acceptors (Lipinski definition) is 7. The van der Waals surface area contributed by atoms with Gasteiger partial charge in [-0.05, 0) is 55.0 Å². The molecule has 1 unspecified atom stereocenters. The molecule has 1 heterocycles. The van der Waals surface area contributed by atoms with E-state index in [0.29, 0.717) is 16.6 Å². The van der Waals surface area contributed by atoms with Gasteiger partial charge >= 0.3 is 19.3 Å². The third kappa shape index (κ3) is 4.57. The van der Waals surface area contributed by atoms with Crippen molar-refractivity contribution in [3.63, 3.8) is 0 Å². The van der Waals surface area contributed by atoms with Crippen LogP contribution in [0.15, 0.2) is 91.0 Å². The van der Waals surface area contributed by atoms with Crippen LogP contribution in [0.5, 0.6) is 17.2 Å². The molecule has 1 aliphatic heterocycles. The summed E-state index contributed by atoms with van der Waals surface area (Å²) in [7, 11) is -3.86. The van der Waals surface area contributed by atoms with E-state index in [1.165, 1.54) is 44.2 Å². The first-order chi connectivity index (χ1) is 17.8. The fourth-order valence-corrected chi connectivity index (χ4v) is 6.55. The van der Waals surface area contributed by atoms with E-state index in [1.807, 2.05) is 24.3 Å². The molecule has 0 amide bonds. The first kappa shape index (κ1) is 24.2. The molecule has 8 heteroatoms. The second-order valence-electron chi connectivity index (χ2n) is 8.41. The van der Waals surface area contributed by atoms with Crippen LogP contribution in [-0.4, -0.2) is 17.7 Å². The molecule has 0 aromatic heterocycles. The molecule has 0 spiro atoms. The Bertz CT molecular complexity index is 1620. The summed E-state index contributed by atoms with van der Waals surface area (Å²) in [6, 6.07) is 24.8. The van der Waals surface area contributed by atoms with Crippen molar-refractivity contribution in [1.29, 1.82) is 0 Å². The molecule has 0 bridgehead atoms. The average molecular weight is 512 g/mol. The number of ether oxygens (including phenoxy) is 2. The van der Waals surface area contributed by atoms with Crippen molar-refractivity contribution in [1.82, 2.24) is 0 Å². The molecule has 1 atom stereocenters. The monoisotopic (exact) mass is 512 g/mol. The van der Waals surface area contributed by atoms with Crippen molar-refractivity contribution < 1.29 is 32.9 Å². The van der Waals surface area contributed by atoms with Crippen molar-refractivity contribution in [2.45, 2.75) is 13.8 Å². The Labute approximate surface area is 213 Å². The number of esters is 2. The number of fused-ring (bicyclic) bond motifs is 3. The topological polar surface area (TPSA) is 96.0 Å². The Morgan fingerprint density at radius 3 is 2.16 bits per heavy atom. The summed E-state index contributed by atoms with van der Waals surface area (Å²) in [5, 5.41) is 0.507. The molecule has 0 saturated heterocycles. The van der Waals surface area contributed by atoms with Gasteiger partial charge in [0.1, 0.15) is 17.2 Å². The third-order valence-electron chi connectivity index (χ3n) is 5.84. The van der Waals surface area contributed by atoms with Crippen LogP contribution >= 0.6 is 7.37 Å². The molecular weight excluding hydrogens is 491 g/mol. The number of carbonyl (C=O) groups is 3. The normalized spacial score (nSPS) is 15.5. The number of benzene rings is 4. The molecule has 0 saturated carbocycles. The first-order valence-corrected chi connectivity index (χ1v) is 13.0. The number of carbonyl (C=O) groups excluding carboxylic acids is 3.